The Hall–Kier alpha value is -1.32. The van der Waals surface area contributed by atoms with E-state index in [4.69, 9.17) is 0 Å². The van der Waals surface area contributed by atoms with E-state index in [0.717, 1.165) is 12.1 Å². The molecule has 0 aliphatic rings. The zero-order valence-electron chi connectivity index (χ0n) is 14.7. The summed E-state index contributed by atoms with van der Waals surface area (Å²) in [5.74, 6) is 0.00789. The van der Waals surface area contributed by atoms with Crippen LogP contribution in [0.25, 0.3) is 0 Å². The predicted octanol–water partition coefficient (Wildman–Crippen LogP) is 5.16. The highest BCUT2D eigenvalue weighted by Crippen LogP contribution is 2.53. The van der Waals surface area contributed by atoms with Crippen LogP contribution in [-0.2, 0) is 19.8 Å². The van der Waals surface area contributed by atoms with Gasteiger partial charge in [0.05, 0.1) is 13.2 Å². The van der Waals surface area contributed by atoms with Crippen LogP contribution in [-0.4, -0.2) is 39.5 Å². The Balaban J connectivity index is 3.25. The van der Waals surface area contributed by atoms with Gasteiger partial charge in [0.25, 0.3) is 5.60 Å². The number of hydrogen-bond acceptors (Lipinski definition) is 3. The second kappa shape index (κ2) is 9.05. The third kappa shape index (κ3) is 4.89. The summed E-state index contributed by atoms with van der Waals surface area (Å²) in [6.07, 6.45) is -10.8. The lowest BCUT2D eigenvalue weighted by Gasteiger charge is -2.37. The molecular formula is C17H22F6O3. The van der Waals surface area contributed by atoms with Crippen LogP contribution in [0.5, 0.6) is 0 Å². The van der Waals surface area contributed by atoms with Gasteiger partial charge in [-0.2, -0.15) is 26.3 Å². The maximum Gasteiger partial charge on any atom is 0.430 e. The first kappa shape index (κ1) is 22.7. The number of alkyl halides is 6. The standard InChI is InChI=1S/C17H22F6O3/c1-4-12(2)13-5-7-14(8-6-13)15(16(18,19)20,17(21,22)23)26-11-25-10-9-24-3/h5-8,12H,4,9-11H2,1-3H3. The van der Waals surface area contributed by atoms with Gasteiger partial charge in [-0.1, -0.05) is 38.1 Å². The van der Waals surface area contributed by atoms with E-state index >= 15 is 0 Å². The van der Waals surface area contributed by atoms with Crippen molar-refractivity contribution in [1.82, 2.24) is 0 Å². The van der Waals surface area contributed by atoms with Gasteiger partial charge in [-0.25, -0.2) is 0 Å². The highest BCUT2D eigenvalue weighted by molar-refractivity contribution is 5.32. The molecule has 1 rings (SSSR count). The molecule has 3 nitrogen and oxygen atoms in total. The van der Waals surface area contributed by atoms with Crippen molar-refractivity contribution in [2.45, 2.75) is 44.1 Å². The zero-order chi connectivity index (χ0) is 20.0. The van der Waals surface area contributed by atoms with Gasteiger partial charge in [0.1, 0.15) is 6.79 Å². The molecule has 0 radical (unpaired) electrons. The molecule has 1 aromatic rings. The molecule has 26 heavy (non-hydrogen) atoms. The Morgan fingerprint density at radius 1 is 0.923 bits per heavy atom. The lowest BCUT2D eigenvalue weighted by Crippen LogP contribution is -2.56. The number of benzene rings is 1. The van der Waals surface area contributed by atoms with Crippen LogP contribution in [0.4, 0.5) is 26.3 Å². The molecule has 150 valence electrons. The van der Waals surface area contributed by atoms with Crippen molar-refractivity contribution in [1.29, 1.82) is 0 Å². The minimum absolute atomic E-state index is 0.00789. The molecule has 9 heteroatoms. The molecule has 0 saturated heterocycles. The van der Waals surface area contributed by atoms with Gasteiger partial charge in [0.15, 0.2) is 0 Å². The summed E-state index contributed by atoms with van der Waals surface area (Å²) in [6.45, 7) is 2.33. The summed E-state index contributed by atoms with van der Waals surface area (Å²) >= 11 is 0. The maximum absolute atomic E-state index is 13.5. The first-order valence-corrected chi connectivity index (χ1v) is 7.95. The van der Waals surface area contributed by atoms with E-state index < -0.39 is 30.3 Å². The molecule has 0 amide bonds. The highest BCUT2D eigenvalue weighted by atomic mass is 19.4. The van der Waals surface area contributed by atoms with E-state index in [-0.39, 0.29) is 19.1 Å². The van der Waals surface area contributed by atoms with E-state index in [1.807, 2.05) is 13.8 Å². The van der Waals surface area contributed by atoms with Crippen LogP contribution in [0.2, 0.25) is 0 Å². The normalized spacial score (nSPS) is 14.5. The number of hydrogen-bond donors (Lipinski definition) is 0. The molecule has 0 aliphatic carbocycles. The van der Waals surface area contributed by atoms with Crippen LogP contribution < -0.4 is 0 Å². The molecule has 0 N–H and O–H groups in total. The van der Waals surface area contributed by atoms with Crippen LogP contribution in [0, 0.1) is 0 Å². The van der Waals surface area contributed by atoms with E-state index in [0.29, 0.717) is 12.0 Å². The lowest BCUT2D eigenvalue weighted by molar-refractivity contribution is -0.401. The Bertz CT molecular complexity index is 525. The zero-order valence-corrected chi connectivity index (χ0v) is 14.7. The van der Waals surface area contributed by atoms with Crippen LogP contribution in [0.15, 0.2) is 24.3 Å². The Labute approximate surface area is 148 Å². The van der Waals surface area contributed by atoms with Crippen molar-refractivity contribution in [2.24, 2.45) is 0 Å². The van der Waals surface area contributed by atoms with Crippen LogP contribution >= 0.6 is 0 Å². The Kier molecular flexibility index (Phi) is 7.91. The topological polar surface area (TPSA) is 27.7 Å². The number of methoxy groups -OCH3 is 1. The molecular weight excluding hydrogens is 366 g/mol. The minimum Gasteiger partial charge on any atom is -0.382 e. The van der Waals surface area contributed by atoms with Crippen molar-refractivity contribution in [3.63, 3.8) is 0 Å². The second-order valence-electron chi connectivity index (χ2n) is 5.77. The quantitative estimate of drug-likeness (QED) is 0.332. The summed E-state index contributed by atoms with van der Waals surface area (Å²) in [6, 6.07) is 4.12. The average molecular weight is 388 g/mol. The van der Waals surface area contributed by atoms with Gasteiger partial charge in [0, 0.05) is 12.7 Å². The van der Waals surface area contributed by atoms with Crippen molar-refractivity contribution in [2.75, 3.05) is 27.1 Å². The van der Waals surface area contributed by atoms with Gasteiger partial charge in [-0.3, -0.25) is 0 Å². The van der Waals surface area contributed by atoms with Crippen LogP contribution in [0.3, 0.4) is 0 Å². The van der Waals surface area contributed by atoms with Gasteiger partial charge in [-0.15, -0.1) is 0 Å². The maximum atomic E-state index is 13.5. The molecule has 0 aromatic heterocycles. The predicted molar refractivity (Wildman–Crippen MR) is 82.7 cm³/mol. The molecule has 0 spiro atoms. The molecule has 1 aromatic carbocycles. The third-order valence-electron chi connectivity index (χ3n) is 4.09. The molecule has 0 bridgehead atoms. The molecule has 0 aliphatic heterocycles. The summed E-state index contributed by atoms with van der Waals surface area (Å²) < 4.78 is 94.8. The Morgan fingerprint density at radius 2 is 1.46 bits per heavy atom. The molecule has 0 fully saturated rings. The van der Waals surface area contributed by atoms with E-state index in [2.05, 4.69) is 14.2 Å². The lowest BCUT2D eigenvalue weighted by atomic mass is 9.89. The molecule has 0 heterocycles. The summed E-state index contributed by atoms with van der Waals surface area (Å²) in [5.41, 5.74) is -4.87. The monoisotopic (exact) mass is 388 g/mol. The second-order valence-corrected chi connectivity index (χ2v) is 5.77. The smallest absolute Gasteiger partial charge is 0.382 e. The highest BCUT2D eigenvalue weighted by Gasteiger charge is 2.73. The molecule has 0 saturated carbocycles. The Morgan fingerprint density at radius 3 is 1.88 bits per heavy atom. The minimum atomic E-state index is -5.73. The van der Waals surface area contributed by atoms with Crippen molar-refractivity contribution in [3.8, 4) is 0 Å². The summed E-state index contributed by atoms with van der Waals surface area (Å²) in [5, 5.41) is 0. The largest absolute Gasteiger partial charge is 0.430 e. The SMILES string of the molecule is CCC(C)c1ccc(C(OCOCCOC)(C(F)(F)F)C(F)(F)F)cc1. The van der Waals surface area contributed by atoms with Gasteiger partial charge < -0.3 is 14.2 Å². The van der Waals surface area contributed by atoms with Gasteiger partial charge in [-0.05, 0) is 17.9 Å². The van der Waals surface area contributed by atoms with Crippen molar-refractivity contribution in [3.05, 3.63) is 35.4 Å². The van der Waals surface area contributed by atoms with E-state index in [9.17, 15) is 26.3 Å². The van der Waals surface area contributed by atoms with Crippen LogP contribution in [0.1, 0.15) is 37.3 Å². The number of halogens is 6. The third-order valence-corrected chi connectivity index (χ3v) is 4.09. The van der Waals surface area contributed by atoms with E-state index in [1.54, 1.807) is 0 Å². The fraction of sp³-hybridized carbons (Fsp3) is 0.647. The van der Waals surface area contributed by atoms with Crippen molar-refractivity contribution >= 4 is 0 Å². The first-order chi connectivity index (χ1) is 12.0. The van der Waals surface area contributed by atoms with Crippen molar-refractivity contribution < 1.29 is 40.6 Å². The fourth-order valence-corrected chi connectivity index (χ4v) is 2.35. The number of rotatable bonds is 9. The number of ether oxygens (including phenoxy) is 3. The van der Waals surface area contributed by atoms with E-state index in [1.165, 1.54) is 19.2 Å². The van der Waals surface area contributed by atoms with Gasteiger partial charge in [0.2, 0.25) is 0 Å². The molecule has 1 unspecified atom stereocenters. The summed E-state index contributed by atoms with van der Waals surface area (Å²) in [7, 11) is 1.32. The average Bonchev–Trinajstić information content (AvgIpc) is 2.55. The summed E-state index contributed by atoms with van der Waals surface area (Å²) in [4.78, 5) is 0. The fourth-order valence-electron chi connectivity index (χ4n) is 2.35. The van der Waals surface area contributed by atoms with Gasteiger partial charge >= 0.3 is 12.4 Å². The molecule has 1 atom stereocenters. The first-order valence-electron chi connectivity index (χ1n) is 7.95.